The number of nitrogens with one attached hydrogen (secondary N) is 1. The molecule has 0 spiro atoms. The van der Waals surface area contributed by atoms with Crippen molar-refractivity contribution in [3.05, 3.63) is 22.8 Å². The maximum absolute atomic E-state index is 5.73. The molecule has 0 aliphatic carbocycles. The van der Waals surface area contributed by atoms with Crippen molar-refractivity contribution in [2.24, 2.45) is 0 Å². The van der Waals surface area contributed by atoms with Gasteiger partial charge in [0.25, 0.3) is 0 Å². The number of anilines is 1. The molecule has 0 saturated heterocycles. The summed E-state index contributed by atoms with van der Waals surface area (Å²) in [5.41, 5.74) is 6.46. The minimum absolute atomic E-state index is 0.381. The summed E-state index contributed by atoms with van der Waals surface area (Å²) in [5, 5.41) is 3.50. The molecule has 0 aromatic carbocycles. The van der Waals surface area contributed by atoms with Crippen LogP contribution in [0.2, 0.25) is 5.02 Å². The van der Waals surface area contributed by atoms with Crippen LogP contribution in [0.25, 0.3) is 0 Å². The Morgan fingerprint density at radius 3 is 3.00 bits per heavy atom. The van der Waals surface area contributed by atoms with E-state index in [1.165, 1.54) is 0 Å². The van der Waals surface area contributed by atoms with E-state index in [0.717, 1.165) is 12.1 Å². The van der Waals surface area contributed by atoms with Gasteiger partial charge in [-0.3, -0.25) is 0 Å². The fourth-order valence-corrected chi connectivity index (χ4v) is 0.978. The van der Waals surface area contributed by atoms with Crippen LogP contribution in [-0.4, -0.2) is 12.0 Å². The number of nitrogens with two attached hydrogens (primary N) is 1. The predicted octanol–water partition coefficient (Wildman–Crippen LogP) is 1.04. The molecular formula is C7H10ClN3. The Kier molecular flexibility index (Phi) is 2.68. The average molecular weight is 172 g/mol. The Balaban J connectivity index is 2.86. The van der Waals surface area contributed by atoms with Gasteiger partial charge in [-0.15, -0.1) is 0 Å². The molecule has 1 aromatic rings. The molecule has 0 atom stereocenters. The number of aromatic nitrogens is 1. The fourth-order valence-electron chi connectivity index (χ4n) is 0.789. The van der Waals surface area contributed by atoms with Crippen molar-refractivity contribution in [2.45, 2.75) is 6.54 Å². The van der Waals surface area contributed by atoms with Gasteiger partial charge in [-0.05, 0) is 18.7 Å². The molecule has 3 nitrogen and oxygen atoms in total. The van der Waals surface area contributed by atoms with Gasteiger partial charge in [0.15, 0.2) is 0 Å². The molecule has 0 fully saturated rings. The van der Waals surface area contributed by atoms with Crippen LogP contribution in [-0.2, 0) is 6.54 Å². The molecule has 1 aromatic heterocycles. The Bertz CT molecular complexity index is 249. The molecule has 0 radical (unpaired) electrons. The molecular weight excluding hydrogens is 162 g/mol. The van der Waals surface area contributed by atoms with E-state index in [9.17, 15) is 0 Å². The summed E-state index contributed by atoms with van der Waals surface area (Å²) in [6.07, 6.45) is 1.71. The van der Waals surface area contributed by atoms with Crippen molar-refractivity contribution in [3.8, 4) is 0 Å². The molecule has 0 amide bonds. The third kappa shape index (κ3) is 2.06. The van der Waals surface area contributed by atoms with Crippen LogP contribution in [0.1, 0.15) is 5.56 Å². The van der Waals surface area contributed by atoms with Crippen LogP contribution in [0.15, 0.2) is 12.3 Å². The number of rotatable bonds is 2. The number of pyridine rings is 1. The van der Waals surface area contributed by atoms with Crippen molar-refractivity contribution in [1.82, 2.24) is 10.3 Å². The molecule has 0 saturated carbocycles. The lowest BCUT2D eigenvalue weighted by atomic mass is 10.3. The van der Waals surface area contributed by atoms with Gasteiger partial charge in [0.2, 0.25) is 0 Å². The van der Waals surface area contributed by atoms with Gasteiger partial charge in [0.1, 0.15) is 5.82 Å². The molecule has 0 bridgehead atoms. The lowest BCUT2D eigenvalue weighted by Gasteiger charge is -2.00. The van der Waals surface area contributed by atoms with Crippen LogP contribution in [0, 0.1) is 0 Å². The van der Waals surface area contributed by atoms with E-state index < -0.39 is 0 Å². The summed E-state index contributed by atoms with van der Waals surface area (Å²) >= 11 is 5.73. The largest absolute Gasteiger partial charge is 0.382 e. The van der Waals surface area contributed by atoms with Gasteiger partial charge in [0.05, 0.1) is 5.02 Å². The van der Waals surface area contributed by atoms with Crippen LogP contribution >= 0.6 is 11.6 Å². The third-order valence-corrected chi connectivity index (χ3v) is 1.61. The molecule has 11 heavy (non-hydrogen) atoms. The monoisotopic (exact) mass is 171 g/mol. The van der Waals surface area contributed by atoms with Crippen molar-refractivity contribution >= 4 is 17.4 Å². The molecule has 3 N–H and O–H groups in total. The number of nitrogens with zero attached hydrogens (tertiary/aromatic N) is 1. The highest BCUT2D eigenvalue weighted by Gasteiger charge is 1.97. The summed E-state index contributed by atoms with van der Waals surface area (Å²) in [5.74, 6) is 0.381. The first-order valence-electron chi connectivity index (χ1n) is 3.28. The maximum atomic E-state index is 5.73. The summed E-state index contributed by atoms with van der Waals surface area (Å²) in [6.45, 7) is 0.757. The molecule has 4 heteroatoms. The molecule has 60 valence electrons. The van der Waals surface area contributed by atoms with Crippen molar-refractivity contribution < 1.29 is 0 Å². The summed E-state index contributed by atoms with van der Waals surface area (Å²) in [4.78, 5) is 3.90. The summed E-state index contributed by atoms with van der Waals surface area (Å²) < 4.78 is 0. The number of nitrogen functional groups attached to an aromatic ring is 1. The maximum Gasteiger partial charge on any atom is 0.142 e. The summed E-state index contributed by atoms with van der Waals surface area (Å²) in [6, 6.07) is 1.81. The topological polar surface area (TPSA) is 50.9 Å². The first-order chi connectivity index (χ1) is 5.24. The smallest absolute Gasteiger partial charge is 0.142 e. The Morgan fingerprint density at radius 1 is 1.73 bits per heavy atom. The standard InChI is InChI=1S/C7H10ClN3/c1-10-3-5-2-6(8)7(9)11-4-5/h2,4,10H,3H2,1H3,(H2,9,11). The molecule has 0 unspecified atom stereocenters. The van der Waals surface area contributed by atoms with Gasteiger partial charge < -0.3 is 11.1 Å². The quantitative estimate of drug-likeness (QED) is 0.699. The molecule has 0 aliphatic heterocycles. The van der Waals surface area contributed by atoms with Crippen LogP contribution in [0.3, 0.4) is 0 Å². The highest BCUT2D eigenvalue weighted by atomic mass is 35.5. The van der Waals surface area contributed by atoms with E-state index in [4.69, 9.17) is 17.3 Å². The highest BCUT2D eigenvalue weighted by molar-refractivity contribution is 6.32. The Labute approximate surface area is 70.6 Å². The van der Waals surface area contributed by atoms with Crippen molar-refractivity contribution in [2.75, 3.05) is 12.8 Å². The van der Waals surface area contributed by atoms with Crippen molar-refractivity contribution in [1.29, 1.82) is 0 Å². The second-order valence-corrected chi connectivity index (χ2v) is 2.65. The van der Waals surface area contributed by atoms with E-state index in [2.05, 4.69) is 10.3 Å². The number of hydrogen-bond donors (Lipinski definition) is 2. The molecule has 1 rings (SSSR count). The highest BCUT2D eigenvalue weighted by Crippen LogP contribution is 2.16. The van der Waals surface area contributed by atoms with Gasteiger partial charge in [0, 0.05) is 12.7 Å². The fraction of sp³-hybridized carbons (Fsp3) is 0.286. The number of hydrogen-bond acceptors (Lipinski definition) is 3. The van der Waals surface area contributed by atoms with Crippen LogP contribution in [0.5, 0.6) is 0 Å². The number of halogens is 1. The van der Waals surface area contributed by atoms with Crippen LogP contribution in [0.4, 0.5) is 5.82 Å². The second kappa shape index (κ2) is 3.55. The van der Waals surface area contributed by atoms with Gasteiger partial charge in [-0.2, -0.15) is 0 Å². The minimum Gasteiger partial charge on any atom is -0.382 e. The minimum atomic E-state index is 0.381. The van der Waals surface area contributed by atoms with E-state index in [-0.39, 0.29) is 0 Å². The zero-order chi connectivity index (χ0) is 8.27. The van der Waals surface area contributed by atoms with E-state index in [0.29, 0.717) is 10.8 Å². The van der Waals surface area contributed by atoms with E-state index in [1.54, 1.807) is 12.3 Å². The first kappa shape index (κ1) is 8.30. The van der Waals surface area contributed by atoms with Gasteiger partial charge in [-0.25, -0.2) is 4.98 Å². The lowest BCUT2D eigenvalue weighted by molar-refractivity contribution is 0.814. The van der Waals surface area contributed by atoms with Gasteiger partial charge in [-0.1, -0.05) is 11.6 Å². The molecule has 1 heterocycles. The van der Waals surface area contributed by atoms with E-state index in [1.807, 2.05) is 7.05 Å². The second-order valence-electron chi connectivity index (χ2n) is 2.24. The lowest BCUT2D eigenvalue weighted by Crippen LogP contribution is -2.05. The summed E-state index contributed by atoms with van der Waals surface area (Å²) in [7, 11) is 1.87. The van der Waals surface area contributed by atoms with Gasteiger partial charge >= 0.3 is 0 Å². The van der Waals surface area contributed by atoms with Crippen LogP contribution < -0.4 is 11.1 Å². The Hall–Kier alpha value is -0.800. The third-order valence-electron chi connectivity index (χ3n) is 1.31. The van der Waals surface area contributed by atoms with Crippen molar-refractivity contribution in [3.63, 3.8) is 0 Å². The molecule has 0 aliphatic rings. The average Bonchev–Trinajstić information content (AvgIpc) is 1.98. The zero-order valence-electron chi connectivity index (χ0n) is 6.26. The predicted molar refractivity (Wildman–Crippen MR) is 46.4 cm³/mol. The van der Waals surface area contributed by atoms with E-state index >= 15 is 0 Å². The zero-order valence-corrected chi connectivity index (χ0v) is 7.02. The Morgan fingerprint density at radius 2 is 2.45 bits per heavy atom. The first-order valence-corrected chi connectivity index (χ1v) is 3.66. The normalized spacial score (nSPS) is 10.0. The SMILES string of the molecule is CNCc1cnc(N)c(Cl)c1.